The molecule has 2 aromatic carbocycles. The van der Waals surface area contributed by atoms with Crippen LogP contribution >= 0.6 is 0 Å². The second-order valence-corrected chi connectivity index (χ2v) is 7.27. The fourth-order valence-corrected chi connectivity index (χ4v) is 3.03. The number of fused-ring (bicyclic) bond motifs is 3. The van der Waals surface area contributed by atoms with E-state index in [4.69, 9.17) is 4.84 Å². The highest BCUT2D eigenvalue weighted by atomic mass is 16.6. The Hall–Kier alpha value is -2.95. The van der Waals surface area contributed by atoms with Crippen molar-refractivity contribution >= 4 is 22.3 Å². The molecule has 0 aliphatic heterocycles. The average Bonchev–Trinajstić information content (AvgIpc) is 2.94. The van der Waals surface area contributed by atoms with Crippen LogP contribution in [0.1, 0.15) is 48.1 Å². The van der Waals surface area contributed by atoms with E-state index < -0.39 is 5.60 Å². The zero-order valence-corrected chi connectivity index (χ0v) is 14.7. The molecule has 1 aromatic heterocycles. The SMILES string of the molecule is Cn1cnc2c1C(=O)c1cc3ccccc3cc1/C2=N\OC(C)(C)C. The maximum Gasteiger partial charge on any atom is 0.212 e. The second kappa shape index (κ2) is 5.28. The Kier molecular flexibility index (Phi) is 3.29. The third kappa shape index (κ3) is 2.52. The summed E-state index contributed by atoms with van der Waals surface area (Å²) in [5.41, 5.74) is 2.68. The number of ketones is 1. The number of hydrogen-bond acceptors (Lipinski definition) is 4. The number of nitrogens with zero attached hydrogens (tertiary/aromatic N) is 3. The zero-order chi connectivity index (χ0) is 17.8. The Morgan fingerprint density at radius 1 is 1.08 bits per heavy atom. The van der Waals surface area contributed by atoms with Gasteiger partial charge in [-0.05, 0) is 43.7 Å². The van der Waals surface area contributed by atoms with Crippen LogP contribution < -0.4 is 0 Å². The number of aryl methyl sites for hydroxylation is 1. The van der Waals surface area contributed by atoms with E-state index in [-0.39, 0.29) is 5.78 Å². The van der Waals surface area contributed by atoms with Gasteiger partial charge in [-0.25, -0.2) is 4.98 Å². The van der Waals surface area contributed by atoms with Gasteiger partial charge in [0.2, 0.25) is 5.78 Å². The van der Waals surface area contributed by atoms with E-state index in [2.05, 4.69) is 10.1 Å². The highest BCUT2D eigenvalue weighted by Crippen LogP contribution is 2.31. The highest BCUT2D eigenvalue weighted by molar-refractivity contribution is 6.29. The fraction of sp³-hybridized carbons (Fsp3) is 0.250. The highest BCUT2D eigenvalue weighted by Gasteiger charge is 2.33. The number of hydrogen-bond donors (Lipinski definition) is 0. The molecular formula is C20H19N3O2. The van der Waals surface area contributed by atoms with Crippen molar-refractivity contribution < 1.29 is 9.63 Å². The molecule has 0 saturated carbocycles. The standard InChI is InChI=1S/C20H19N3O2/c1-20(2,3)25-22-16-14-9-12-7-5-6-8-13(12)10-15(14)19(24)18-17(16)21-11-23(18)4/h5-11H,1-4H3/b22-16+. The van der Waals surface area contributed by atoms with E-state index >= 15 is 0 Å². The lowest BCUT2D eigenvalue weighted by Gasteiger charge is -2.21. The average molecular weight is 333 g/mol. The van der Waals surface area contributed by atoms with Crippen LogP contribution in [0.15, 0.2) is 47.9 Å². The molecular weight excluding hydrogens is 314 g/mol. The molecule has 5 heteroatoms. The van der Waals surface area contributed by atoms with Gasteiger partial charge < -0.3 is 9.40 Å². The first-order chi connectivity index (χ1) is 11.8. The first-order valence-corrected chi connectivity index (χ1v) is 8.21. The van der Waals surface area contributed by atoms with Gasteiger partial charge in [-0.15, -0.1) is 0 Å². The van der Waals surface area contributed by atoms with Crippen molar-refractivity contribution in [2.45, 2.75) is 26.4 Å². The Morgan fingerprint density at radius 3 is 2.36 bits per heavy atom. The maximum absolute atomic E-state index is 13.0. The van der Waals surface area contributed by atoms with Gasteiger partial charge in [-0.2, -0.15) is 0 Å². The normalized spacial score (nSPS) is 15.4. The van der Waals surface area contributed by atoms with Crippen molar-refractivity contribution in [2.24, 2.45) is 12.2 Å². The first kappa shape index (κ1) is 15.6. The quantitative estimate of drug-likeness (QED) is 0.499. The van der Waals surface area contributed by atoms with Crippen LogP contribution in [0.4, 0.5) is 0 Å². The summed E-state index contributed by atoms with van der Waals surface area (Å²) in [5, 5.41) is 6.46. The number of aromatic nitrogens is 2. The molecule has 0 amide bonds. The number of benzene rings is 2. The molecule has 1 heterocycles. The Balaban J connectivity index is 2.00. The van der Waals surface area contributed by atoms with Crippen molar-refractivity contribution in [1.82, 2.24) is 9.55 Å². The third-order valence-electron chi connectivity index (χ3n) is 4.17. The molecule has 3 aromatic rings. The number of carbonyl (C=O) groups excluding carboxylic acids is 1. The molecule has 126 valence electrons. The smallest absolute Gasteiger partial charge is 0.212 e. The van der Waals surface area contributed by atoms with E-state index in [1.54, 1.807) is 10.9 Å². The number of imidazole rings is 1. The largest absolute Gasteiger partial charge is 0.390 e. The summed E-state index contributed by atoms with van der Waals surface area (Å²) in [7, 11) is 1.82. The van der Waals surface area contributed by atoms with Crippen molar-refractivity contribution in [3.8, 4) is 0 Å². The third-order valence-corrected chi connectivity index (χ3v) is 4.17. The van der Waals surface area contributed by atoms with Crippen molar-refractivity contribution in [1.29, 1.82) is 0 Å². The molecule has 25 heavy (non-hydrogen) atoms. The summed E-state index contributed by atoms with van der Waals surface area (Å²) < 4.78 is 1.74. The summed E-state index contributed by atoms with van der Waals surface area (Å²) in [5.74, 6) is -0.0366. The lowest BCUT2D eigenvalue weighted by atomic mass is 9.87. The molecule has 5 nitrogen and oxygen atoms in total. The Morgan fingerprint density at radius 2 is 1.72 bits per heavy atom. The topological polar surface area (TPSA) is 56.5 Å². The van der Waals surface area contributed by atoms with Crippen LogP contribution in [-0.4, -0.2) is 26.6 Å². The summed E-state index contributed by atoms with van der Waals surface area (Å²) >= 11 is 0. The molecule has 0 radical (unpaired) electrons. The van der Waals surface area contributed by atoms with Crippen LogP contribution in [0.5, 0.6) is 0 Å². The number of rotatable bonds is 1. The van der Waals surface area contributed by atoms with Crippen LogP contribution in [0.25, 0.3) is 10.8 Å². The van der Waals surface area contributed by atoms with Crippen LogP contribution in [0.3, 0.4) is 0 Å². The van der Waals surface area contributed by atoms with E-state index in [9.17, 15) is 4.79 Å². The Bertz CT molecular complexity index is 1040. The predicted octanol–water partition coefficient (Wildman–Crippen LogP) is 3.69. The Labute approximate surface area is 145 Å². The van der Waals surface area contributed by atoms with Crippen LogP contribution in [0, 0.1) is 0 Å². The molecule has 0 N–H and O–H groups in total. The minimum absolute atomic E-state index is 0.0366. The zero-order valence-electron chi connectivity index (χ0n) is 14.7. The van der Waals surface area contributed by atoms with E-state index in [0.717, 1.165) is 16.3 Å². The van der Waals surface area contributed by atoms with Crippen molar-refractivity contribution in [3.05, 3.63) is 65.2 Å². The minimum Gasteiger partial charge on any atom is -0.390 e. The summed E-state index contributed by atoms with van der Waals surface area (Å²) in [6.07, 6.45) is 1.64. The van der Waals surface area contributed by atoms with E-state index in [1.807, 2.05) is 64.2 Å². The molecule has 0 fully saturated rings. The van der Waals surface area contributed by atoms with Crippen molar-refractivity contribution in [3.63, 3.8) is 0 Å². The summed E-state index contributed by atoms with van der Waals surface area (Å²) in [6.45, 7) is 5.81. The predicted molar refractivity (Wildman–Crippen MR) is 97.1 cm³/mol. The van der Waals surface area contributed by atoms with Crippen LogP contribution in [-0.2, 0) is 11.9 Å². The molecule has 1 aliphatic carbocycles. The van der Waals surface area contributed by atoms with Gasteiger partial charge in [-0.1, -0.05) is 29.4 Å². The molecule has 1 aliphatic rings. The van der Waals surface area contributed by atoms with Gasteiger partial charge in [0, 0.05) is 18.2 Å². The van der Waals surface area contributed by atoms with Gasteiger partial charge in [-0.3, -0.25) is 4.79 Å². The lowest BCUT2D eigenvalue weighted by Crippen LogP contribution is -2.25. The maximum atomic E-state index is 13.0. The van der Waals surface area contributed by atoms with Gasteiger partial charge >= 0.3 is 0 Å². The number of oxime groups is 1. The minimum atomic E-state index is -0.430. The molecule has 0 unspecified atom stereocenters. The van der Waals surface area contributed by atoms with Gasteiger partial charge in [0.1, 0.15) is 22.7 Å². The van der Waals surface area contributed by atoms with Gasteiger partial charge in [0.15, 0.2) is 0 Å². The number of carbonyl (C=O) groups is 1. The monoisotopic (exact) mass is 333 g/mol. The van der Waals surface area contributed by atoms with E-state index in [1.165, 1.54) is 0 Å². The first-order valence-electron chi connectivity index (χ1n) is 8.21. The lowest BCUT2D eigenvalue weighted by molar-refractivity contribution is 0.00112. The molecule has 0 spiro atoms. The summed E-state index contributed by atoms with van der Waals surface area (Å²) in [4.78, 5) is 23.1. The second-order valence-electron chi connectivity index (χ2n) is 7.27. The molecule has 0 atom stereocenters. The fourth-order valence-electron chi connectivity index (χ4n) is 3.03. The molecule has 0 saturated heterocycles. The van der Waals surface area contributed by atoms with Crippen molar-refractivity contribution in [2.75, 3.05) is 0 Å². The van der Waals surface area contributed by atoms with E-state index in [0.29, 0.717) is 22.7 Å². The molecule has 4 rings (SSSR count). The van der Waals surface area contributed by atoms with Crippen LogP contribution in [0.2, 0.25) is 0 Å². The summed E-state index contributed by atoms with van der Waals surface area (Å²) in [6, 6.07) is 11.9. The van der Waals surface area contributed by atoms with Gasteiger partial charge in [0.05, 0.1) is 6.33 Å². The molecule has 0 bridgehead atoms. The van der Waals surface area contributed by atoms with Gasteiger partial charge in [0.25, 0.3) is 0 Å².